The predicted molar refractivity (Wildman–Crippen MR) is 49.4 cm³/mol. The number of nitrogens with zero attached hydrogens (tertiary/aromatic N) is 1. The lowest BCUT2D eigenvalue weighted by atomic mass is 10.1. The Morgan fingerprint density at radius 3 is 3.14 bits per heavy atom. The summed E-state index contributed by atoms with van der Waals surface area (Å²) in [6, 6.07) is 4.20. The summed E-state index contributed by atoms with van der Waals surface area (Å²) in [6.45, 7) is -2.01. The van der Waals surface area contributed by atoms with Crippen molar-refractivity contribution >= 4 is 11.5 Å². The number of rotatable bonds is 2. The van der Waals surface area contributed by atoms with Crippen LogP contribution in [0.1, 0.15) is 9.16 Å². The van der Waals surface area contributed by atoms with E-state index in [4.69, 9.17) is 7.85 Å². The molecule has 0 saturated carbocycles. The summed E-state index contributed by atoms with van der Waals surface area (Å²) in [6.07, 6.45) is -0.424. The maximum absolute atomic E-state index is 10.6. The molecule has 1 aromatic rings. The average Bonchev–Trinajstić information content (AvgIpc) is 2.38. The van der Waals surface area contributed by atoms with Crippen molar-refractivity contribution in [1.82, 2.24) is 0 Å². The normalized spacial score (nSPS) is 19.3. The van der Waals surface area contributed by atoms with Crippen molar-refractivity contribution in [2.24, 2.45) is 4.99 Å². The average molecular weight is 193 g/mol. The van der Waals surface area contributed by atoms with Gasteiger partial charge in [0.2, 0.25) is 0 Å². The summed E-state index contributed by atoms with van der Waals surface area (Å²) in [7, 11) is 0. The molecule has 0 spiro atoms. The Labute approximate surface area is 82.7 Å². The summed E-state index contributed by atoms with van der Waals surface area (Å²) in [5.41, 5.74) is 0.0749. The summed E-state index contributed by atoms with van der Waals surface area (Å²) in [4.78, 5) is 14.4. The quantitative estimate of drug-likeness (QED) is 0.674. The van der Waals surface area contributed by atoms with Gasteiger partial charge >= 0.3 is 5.97 Å². The van der Waals surface area contributed by atoms with Gasteiger partial charge in [0.25, 0.3) is 0 Å². The van der Waals surface area contributed by atoms with Gasteiger partial charge in [0.15, 0.2) is 0 Å². The van der Waals surface area contributed by atoms with Gasteiger partial charge in [-0.25, -0.2) is 0 Å². The minimum Gasteiger partial charge on any atom is -0.508 e. The first-order valence-electron chi connectivity index (χ1n) is 5.04. The molecular formula is C10H9NO3. The van der Waals surface area contributed by atoms with Crippen LogP contribution in [-0.4, -0.2) is 22.7 Å². The van der Waals surface area contributed by atoms with Crippen molar-refractivity contribution in [1.29, 1.82) is 0 Å². The number of carbonyl (C=O) groups is 1. The van der Waals surface area contributed by atoms with Gasteiger partial charge in [-0.2, -0.15) is 0 Å². The molecular weight excluding hydrogens is 182 g/mol. The van der Waals surface area contributed by atoms with Gasteiger partial charge in [-0.15, -0.1) is 0 Å². The lowest BCUT2D eigenvalue weighted by Gasteiger charge is -1.95. The number of hydrogen-bond acceptors (Lipinski definition) is 3. The number of carboxylic acids is 1. The Hall–Kier alpha value is -1.84. The second-order valence-electron chi connectivity index (χ2n) is 2.97. The number of carboxylic acid groups (broad SMARTS) is 1. The number of fused-ring (bicyclic) bond motifs is 1. The topological polar surface area (TPSA) is 69.9 Å². The highest BCUT2D eigenvalue weighted by atomic mass is 16.4. The highest BCUT2D eigenvalue weighted by Gasteiger charge is 2.10. The zero-order valence-electron chi connectivity index (χ0n) is 9.19. The van der Waals surface area contributed by atoms with Crippen LogP contribution in [0, 0.1) is 0 Å². The molecule has 0 aromatic heterocycles. The molecule has 0 amide bonds. The summed E-state index contributed by atoms with van der Waals surface area (Å²) >= 11 is 0. The Kier molecular flexibility index (Phi) is 1.48. The Morgan fingerprint density at radius 2 is 2.43 bits per heavy atom. The van der Waals surface area contributed by atoms with Gasteiger partial charge in [-0.1, -0.05) is 0 Å². The third kappa shape index (κ3) is 1.46. The van der Waals surface area contributed by atoms with Crippen LogP contribution in [0.15, 0.2) is 23.2 Å². The molecule has 0 aliphatic carbocycles. The van der Waals surface area contributed by atoms with Gasteiger partial charge in [0.05, 0.1) is 21.0 Å². The van der Waals surface area contributed by atoms with Crippen molar-refractivity contribution < 1.29 is 17.7 Å². The van der Waals surface area contributed by atoms with E-state index in [1.165, 1.54) is 18.2 Å². The van der Waals surface area contributed by atoms with E-state index in [0.29, 0.717) is 10.6 Å². The molecule has 0 unspecified atom stereocenters. The second-order valence-corrected chi connectivity index (χ2v) is 2.97. The van der Waals surface area contributed by atoms with Crippen molar-refractivity contribution in [2.45, 2.75) is 6.42 Å². The van der Waals surface area contributed by atoms with E-state index in [2.05, 4.69) is 4.99 Å². The fraction of sp³-hybridized carbons (Fsp3) is 0.200. The van der Waals surface area contributed by atoms with Crippen molar-refractivity contribution in [3.05, 3.63) is 28.8 Å². The molecule has 4 nitrogen and oxygen atoms in total. The molecule has 2 N–H and O–H groups in total. The molecule has 14 heavy (non-hydrogen) atoms. The van der Waals surface area contributed by atoms with Crippen LogP contribution in [-0.2, 0) is 4.79 Å². The highest BCUT2D eigenvalue weighted by molar-refractivity contribution is 5.78. The molecule has 1 aliphatic rings. The Morgan fingerprint density at radius 1 is 1.64 bits per heavy atom. The highest BCUT2D eigenvalue weighted by Crippen LogP contribution is 2.06. The SMILES string of the molecule is [2H]C1([2H])N=c2ccc(O)cc2=C1CC(=O)O. The van der Waals surface area contributed by atoms with E-state index >= 15 is 0 Å². The fourth-order valence-corrected chi connectivity index (χ4v) is 1.34. The molecule has 1 heterocycles. The number of hydrogen-bond donors (Lipinski definition) is 2. The molecule has 1 aromatic carbocycles. The summed E-state index contributed by atoms with van der Waals surface area (Å²) in [5, 5.41) is 18.7. The van der Waals surface area contributed by atoms with Crippen LogP contribution < -0.4 is 10.6 Å². The van der Waals surface area contributed by atoms with E-state index in [-0.39, 0.29) is 11.3 Å². The predicted octanol–water partition coefficient (Wildman–Crippen LogP) is -0.349. The van der Waals surface area contributed by atoms with Crippen LogP contribution in [0.3, 0.4) is 0 Å². The maximum atomic E-state index is 10.6. The van der Waals surface area contributed by atoms with Gasteiger partial charge < -0.3 is 10.2 Å². The number of benzene rings is 1. The molecule has 4 heteroatoms. The zero-order chi connectivity index (χ0) is 11.9. The minimum absolute atomic E-state index is 0.0328. The van der Waals surface area contributed by atoms with Gasteiger partial charge in [-0.3, -0.25) is 9.79 Å². The minimum atomic E-state index is -2.01. The maximum Gasteiger partial charge on any atom is 0.307 e. The number of phenolic OH excluding ortho intramolecular Hbond substituents is 1. The van der Waals surface area contributed by atoms with Crippen molar-refractivity contribution in [3.63, 3.8) is 0 Å². The van der Waals surface area contributed by atoms with E-state index in [0.717, 1.165) is 0 Å². The first-order chi connectivity index (χ1) is 7.40. The van der Waals surface area contributed by atoms with E-state index in [1.54, 1.807) is 0 Å². The lowest BCUT2D eigenvalue weighted by Crippen LogP contribution is -2.22. The molecule has 2 rings (SSSR count). The van der Waals surface area contributed by atoms with Gasteiger partial charge in [-0.05, 0) is 23.8 Å². The second kappa shape index (κ2) is 3.14. The Bertz CT molecular complexity index is 580. The fourth-order valence-electron chi connectivity index (χ4n) is 1.34. The van der Waals surface area contributed by atoms with Crippen molar-refractivity contribution in [3.8, 4) is 5.75 Å². The first kappa shape index (κ1) is 6.59. The van der Waals surface area contributed by atoms with Crippen molar-refractivity contribution in [2.75, 3.05) is 6.50 Å². The standard InChI is InChI=1S/C10H9NO3/c12-7-1-2-9-8(4-7)6(5-11-9)3-10(13)14/h1-2,4,12H,3,5H2,(H,13,14)/i5D2. The number of aliphatic carboxylic acids is 1. The number of phenols is 1. The van der Waals surface area contributed by atoms with Crippen LogP contribution in [0.2, 0.25) is 0 Å². The largest absolute Gasteiger partial charge is 0.508 e. The molecule has 0 radical (unpaired) electrons. The first-order valence-corrected chi connectivity index (χ1v) is 4.04. The van der Waals surface area contributed by atoms with Crippen LogP contribution in [0.5, 0.6) is 5.75 Å². The molecule has 0 fully saturated rings. The van der Waals surface area contributed by atoms with E-state index in [9.17, 15) is 9.90 Å². The lowest BCUT2D eigenvalue weighted by molar-refractivity contribution is -0.135. The van der Waals surface area contributed by atoms with Gasteiger partial charge in [0, 0.05) is 5.22 Å². The zero-order valence-corrected chi connectivity index (χ0v) is 7.19. The Balaban J connectivity index is 2.73. The monoisotopic (exact) mass is 193 g/mol. The van der Waals surface area contributed by atoms with E-state index in [1.807, 2.05) is 0 Å². The summed E-state index contributed by atoms with van der Waals surface area (Å²) in [5.74, 6) is -1.15. The van der Waals surface area contributed by atoms with Crippen LogP contribution in [0.4, 0.5) is 0 Å². The molecule has 0 saturated heterocycles. The molecule has 0 atom stereocenters. The van der Waals surface area contributed by atoms with E-state index < -0.39 is 18.9 Å². The van der Waals surface area contributed by atoms with Gasteiger partial charge in [0.1, 0.15) is 5.75 Å². The van der Waals surface area contributed by atoms with Crippen LogP contribution >= 0.6 is 0 Å². The summed E-state index contributed by atoms with van der Waals surface area (Å²) < 4.78 is 15.2. The molecule has 0 bridgehead atoms. The molecule has 72 valence electrons. The third-order valence-corrected chi connectivity index (χ3v) is 1.94. The smallest absolute Gasteiger partial charge is 0.307 e. The molecule has 1 aliphatic heterocycles. The third-order valence-electron chi connectivity index (χ3n) is 1.94. The number of aromatic hydroxyl groups is 1. The van der Waals surface area contributed by atoms with Crippen LogP contribution in [0.25, 0.3) is 5.57 Å².